The van der Waals surface area contributed by atoms with E-state index in [-0.39, 0.29) is 11.0 Å². The van der Waals surface area contributed by atoms with E-state index in [2.05, 4.69) is 15.6 Å². The van der Waals surface area contributed by atoms with Crippen molar-refractivity contribution in [2.45, 2.75) is 38.2 Å². The molecule has 0 spiro atoms. The van der Waals surface area contributed by atoms with E-state index in [0.717, 1.165) is 29.8 Å². The Balaban J connectivity index is 1.85. The second kappa shape index (κ2) is 10.8. The number of benzene rings is 2. The highest BCUT2D eigenvalue weighted by molar-refractivity contribution is 7.89. The number of primary sulfonamides is 1. The Labute approximate surface area is 173 Å². The van der Waals surface area contributed by atoms with Gasteiger partial charge >= 0.3 is 0 Å². The molecular formula is C21H30N4O3S. The summed E-state index contributed by atoms with van der Waals surface area (Å²) in [5, 5.41) is 11.6. The second-order valence-corrected chi connectivity index (χ2v) is 8.39. The van der Waals surface area contributed by atoms with Crippen LogP contribution in [-0.2, 0) is 16.4 Å². The second-order valence-electron chi connectivity index (χ2n) is 6.83. The highest BCUT2D eigenvalue weighted by Crippen LogP contribution is 2.14. The molecule has 0 fully saturated rings. The molecule has 2 rings (SSSR count). The third-order valence-corrected chi connectivity index (χ3v) is 5.06. The smallest absolute Gasteiger partial charge is 0.238 e. The quantitative estimate of drug-likeness (QED) is 0.428. The minimum atomic E-state index is -3.66. The maximum atomic E-state index is 11.3. The van der Waals surface area contributed by atoms with E-state index in [9.17, 15) is 8.42 Å². The normalized spacial score (nSPS) is 13.0. The summed E-state index contributed by atoms with van der Waals surface area (Å²) in [6, 6.07) is 14.5. The zero-order valence-corrected chi connectivity index (χ0v) is 18.0. The molecule has 0 heterocycles. The third kappa shape index (κ3) is 8.13. The topological polar surface area (TPSA) is 106 Å². The van der Waals surface area contributed by atoms with Gasteiger partial charge in [0.1, 0.15) is 11.9 Å². The van der Waals surface area contributed by atoms with Crippen LogP contribution in [0.25, 0.3) is 0 Å². The molecule has 0 radical (unpaired) electrons. The van der Waals surface area contributed by atoms with Crippen molar-refractivity contribution < 1.29 is 13.2 Å². The molecular weight excluding hydrogens is 388 g/mol. The lowest BCUT2D eigenvalue weighted by molar-refractivity contribution is 0.230. The summed E-state index contributed by atoms with van der Waals surface area (Å²) < 4.78 is 28.5. The van der Waals surface area contributed by atoms with Crippen molar-refractivity contribution in [2.75, 3.05) is 19.6 Å². The van der Waals surface area contributed by atoms with Gasteiger partial charge in [-0.2, -0.15) is 0 Å². The molecule has 0 aromatic heterocycles. The van der Waals surface area contributed by atoms with Crippen molar-refractivity contribution >= 4 is 16.0 Å². The molecule has 2 aromatic carbocycles. The molecule has 2 aromatic rings. The summed E-state index contributed by atoms with van der Waals surface area (Å²) in [5.41, 5.74) is 2.17. The molecule has 8 heteroatoms. The fraction of sp³-hybridized carbons (Fsp3) is 0.381. The number of ether oxygens (including phenoxy) is 1. The maximum Gasteiger partial charge on any atom is 0.238 e. The summed E-state index contributed by atoms with van der Waals surface area (Å²) in [6.07, 6.45) is 0.669. The minimum absolute atomic E-state index is 0.0574. The average molecular weight is 419 g/mol. The number of rotatable bonds is 9. The lowest BCUT2D eigenvalue weighted by atomic mass is 10.1. The minimum Gasteiger partial charge on any atom is -0.489 e. The van der Waals surface area contributed by atoms with E-state index < -0.39 is 10.0 Å². The average Bonchev–Trinajstić information content (AvgIpc) is 2.66. The van der Waals surface area contributed by atoms with Gasteiger partial charge in [-0.25, -0.2) is 18.5 Å². The molecule has 0 aliphatic carbocycles. The first kappa shape index (κ1) is 22.7. The first-order chi connectivity index (χ1) is 13.8. The number of aliphatic imine (C=N–C) groups is 1. The third-order valence-electron chi connectivity index (χ3n) is 4.14. The predicted molar refractivity (Wildman–Crippen MR) is 117 cm³/mol. The number of hydrogen-bond acceptors (Lipinski definition) is 4. The van der Waals surface area contributed by atoms with Gasteiger partial charge in [-0.15, -0.1) is 0 Å². The van der Waals surface area contributed by atoms with Crippen LogP contribution in [-0.4, -0.2) is 40.1 Å². The Hall–Kier alpha value is -2.58. The van der Waals surface area contributed by atoms with Crippen LogP contribution >= 0.6 is 0 Å². The molecule has 7 nitrogen and oxygen atoms in total. The molecule has 0 aliphatic rings. The maximum absolute atomic E-state index is 11.3. The van der Waals surface area contributed by atoms with Gasteiger partial charge in [0, 0.05) is 13.1 Å². The van der Waals surface area contributed by atoms with Crippen molar-refractivity contribution in [1.82, 2.24) is 10.6 Å². The largest absolute Gasteiger partial charge is 0.489 e. The van der Waals surface area contributed by atoms with Gasteiger partial charge in [0.05, 0.1) is 11.4 Å². The van der Waals surface area contributed by atoms with E-state index in [1.165, 1.54) is 12.1 Å². The fourth-order valence-corrected chi connectivity index (χ4v) is 3.21. The number of hydrogen-bond donors (Lipinski definition) is 3. The molecule has 1 atom stereocenters. The standard InChI is InChI=1S/C21H30N4O3S/c1-4-23-21(25-15-17(3)28-19-7-5-6-16(2)14-19)24-13-12-18-8-10-20(11-9-18)29(22,26)27/h5-11,14,17H,4,12-13,15H2,1-3H3,(H2,22,26,27)(H2,23,24,25). The van der Waals surface area contributed by atoms with E-state index in [0.29, 0.717) is 19.0 Å². The first-order valence-corrected chi connectivity index (χ1v) is 11.2. The van der Waals surface area contributed by atoms with Crippen LogP contribution in [0.4, 0.5) is 0 Å². The summed E-state index contributed by atoms with van der Waals surface area (Å²) in [5.74, 6) is 1.56. The van der Waals surface area contributed by atoms with Crippen molar-refractivity contribution in [3.8, 4) is 5.75 Å². The molecule has 4 N–H and O–H groups in total. The van der Waals surface area contributed by atoms with Crippen LogP contribution < -0.4 is 20.5 Å². The Morgan fingerprint density at radius 3 is 2.52 bits per heavy atom. The fourth-order valence-electron chi connectivity index (χ4n) is 2.69. The van der Waals surface area contributed by atoms with Crippen molar-refractivity contribution in [3.05, 3.63) is 59.7 Å². The van der Waals surface area contributed by atoms with E-state index >= 15 is 0 Å². The van der Waals surface area contributed by atoms with E-state index in [1.54, 1.807) is 12.1 Å². The van der Waals surface area contributed by atoms with Crippen molar-refractivity contribution in [3.63, 3.8) is 0 Å². The monoisotopic (exact) mass is 418 g/mol. The predicted octanol–water partition coefficient (Wildman–Crippen LogP) is 2.21. The molecule has 158 valence electrons. The molecule has 1 unspecified atom stereocenters. The number of nitrogens with two attached hydrogens (primary N) is 1. The summed E-state index contributed by atoms with van der Waals surface area (Å²) in [4.78, 5) is 4.70. The van der Waals surface area contributed by atoms with Gasteiger partial charge in [0.15, 0.2) is 5.96 Å². The van der Waals surface area contributed by atoms with E-state index in [4.69, 9.17) is 9.88 Å². The van der Waals surface area contributed by atoms with Crippen LogP contribution in [0, 0.1) is 6.92 Å². The molecule has 0 amide bonds. The van der Waals surface area contributed by atoms with Gasteiger partial charge < -0.3 is 15.4 Å². The van der Waals surface area contributed by atoms with Crippen LogP contribution in [0.2, 0.25) is 0 Å². The summed E-state index contributed by atoms with van der Waals surface area (Å²) in [7, 11) is -3.66. The Bertz CT molecular complexity index is 912. The van der Waals surface area contributed by atoms with E-state index in [1.807, 2.05) is 45.0 Å². The molecule has 0 saturated carbocycles. The lowest BCUT2D eigenvalue weighted by Crippen LogP contribution is -2.39. The van der Waals surface area contributed by atoms with Crippen LogP contribution in [0.3, 0.4) is 0 Å². The zero-order chi connectivity index (χ0) is 21.3. The van der Waals surface area contributed by atoms with Crippen molar-refractivity contribution in [1.29, 1.82) is 0 Å². The zero-order valence-electron chi connectivity index (χ0n) is 17.2. The van der Waals surface area contributed by atoms with Gasteiger partial charge in [-0.3, -0.25) is 0 Å². The van der Waals surface area contributed by atoms with Gasteiger partial charge in [-0.05, 0) is 62.6 Å². The number of nitrogens with zero attached hydrogens (tertiary/aromatic N) is 1. The summed E-state index contributed by atoms with van der Waals surface area (Å²) >= 11 is 0. The van der Waals surface area contributed by atoms with Crippen molar-refractivity contribution in [2.24, 2.45) is 10.1 Å². The molecule has 29 heavy (non-hydrogen) atoms. The molecule has 0 saturated heterocycles. The number of nitrogens with one attached hydrogen (secondary N) is 2. The van der Waals surface area contributed by atoms with Gasteiger partial charge in [-0.1, -0.05) is 24.3 Å². The van der Waals surface area contributed by atoms with Crippen LogP contribution in [0.15, 0.2) is 58.4 Å². The molecule has 0 aliphatic heterocycles. The highest BCUT2D eigenvalue weighted by atomic mass is 32.2. The molecule has 0 bridgehead atoms. The number of sulfonamides is 1. The first-order valence-electron chi connectivity index (χ1n) is 9.65. The van der Waals surface area contributed by atoms with Gasteiger partial charge in [0.25, 0.3) is 0 Å². The summed E-state index contributed by atoms with van der Waals surface area (Å²) in [6.45, 7) is 7.96. The Kier molecular flexibility index (Phi) is 8.48. The lowest BCUT2D eigenvalue weighted by Gasteiger charge is -2.15. The van der Waals surface area contributed by atoms with Crippen LogP contribution in [0.5, 0.6) is 5.75 Å². The SMILES string of the molecule is CCNC(=NCC(C)Oc1cccc(C)c1)NCCc1ccc(S(N)(=O)=O)cc1. The highest BCUT2D eigenvalue weighted by Gasteiger charge is 2.07. The Morgan fingerprint density at radius 2 is 1.90 bits per heavy atom. The number of aryl methyl sites for hydroxylation is 1. The number of guanidine groups is 1. The van der Waals surface area contributed by atoms with Crippen LogP contribution in [0.1, 0.15) is 25.0 Å². The van der Waals surface area contributed by atoms with Gasteiger partial charge in [0.2, 0.25) is 10.0 Å². The Morgan fingerprint density at radius 1 is 1.17 bits per heavy atom.